The van der Waals surface area contributed by atoms with Crippen LogP contribution in [0.4, 0.5) is 0 Å². The van der Waals surface area contributed by atoms with Gasteiger partial charge < -0.3 is 9.80 Å². The van der Waals surface area contributed by atoms with Gasteiger partial charge in [-0.2, -0.15) is 5.26 Å². The van der Waals surface area contributed by atoms with Gasteiger partial charge >= 0.3 is 0 Å². The van der Waals surface area contributed by atoms with Crippen LogP contribution in [0.3, 0.4) is 0 Å². The monoisotopic (exact) mass is 223 g/mol. The molecule has 88 valence electrons. The van der Waals surface area contributed by atoms with Crippen molar-refractivity contribution >= 4 is 11.8 Å². The molecule has 0 aliphatic carbocycles. The second-order valence-corrected chi connectivity index (χ2v) is 4.20. The van der Waals surface area contributed by atoms with E-state index in [-0.39, 0.29) is 24.2 Å². The average molecular weight is 223 g/mol. The van der Waals surface area contributed by atoms with Gasteiger partial charge in [0.15, 0.2) is 0 Å². The summed E-state index contributed by atoms with van der Waals surface area (Å²) in [6, 6.07) is 1.85. The molecule has 0 atom stereocenters. The molecule has 1 saturated heterocycles. The van der Waals surface area contributed by atoms with Crippen LogP contribution < -0.4 is 0 Å². The first-order valence-corrected chi connectivity index (χ1v) is 5.49. The van der Waals surface area contributed by atoms with Crippen molar-refractivity contribution in [2.45, 2.75) is 20.3 Å². The Morgan fingerprint density at radius 2 is 1.69 bits per heavy atom. The summed E-state index contributed by atoms with van der Waals surface area (Å²) in [7, 11) is 0. The molecule has 1 aliphatic rings. The highest BCUT2D eigenvalue weighted by Gasteiger charge is 2.24. The molecule has 5 heteroatoms. The number of carbonyl (C=O) groups excluding carboxylic acids is 2. The quantitative estimate of drug-likeness (QED) is 0.673. The van der Waals surface area contributed by atoms with E-state index in [9.17, 15) is 9.59 Å². The molecule has 1 rings (SSSR count). The maximum Gasteiger partial charge on any atom is 0.236 e. The molecule has 1 heterocycles. The Hall–Kier alpha value is -1.57. The molecule has 2 amide bonds. The highest BCUT2D eigenvalue weighted by Crippen LogP contribution is 2.07. The second-order valence-electron chi connectivity index (χ2n) is 4.20. The van der Waals surface area contributed by atoms with E-state index in [0.717, 1.165) is 0 Å². The second kappa shape index (κ2) is 5.50. The maximum atomic E-state index is 11.7. The molecular weight excluding hydrogens is 206 g/mol. The minimum Gasteiger partial charge on any atom is -0.339 e. The lowest BCUT2D eigenvalue weighted by Gasteiger charge is -2.35. The Balaban J connectivity index is 2.43. The predicted molar refractivity (Wildman–Crippen MR) is 58.2 cm³/mol. The van der Waals surface area contributed by atoms with Crippen molar-refractivity contribution in [2.75, 3.05) is 26.2 Å². The Kier molecular flexibility index (Phi) is 4.29. The fourth-order valence-corrected chi connectivity index (χ4v) is 1.72. The topological polar surface area (TPSA) is 64.4 Å². The summed E-state index contributed by atoms with van der Waals surface area (Å²) in [6.45, 7) is 5.98. The summed E-state index contributed by atoms with van der Waals surface area (Å²) in [5, 5.41) is 8.42. The largest absolute Gasteiger partial charge is 0.339 e. The number of rotatable bonds is 2. The number of carbonyl (C=O) groups is 2. The van der Waals surface area contributed by atoms with Gasteiger partial charge in [-0.3, -0.25) is 9.59 Å². The zero-order valence-corrected chi connectivity index (χ0v) is 9.77. The third kappa shape index (κ3) is 2.96. The normalized spacial score (nSPS) is 16.1. The van der Waals surface area contributed by atoms with E-state index >= 15 is 0 Å². The maximum absolute atomic E-state index is 11.7. The number of nitriles is 1. The highest BCUT2D eigenvalue weighted by atomic mass is 16.2. The van der Waals surface area contributed by atoms with Crippen LogP contribution in [0.1, 0.15) is 20.3 Å². The van der Waals surface area contributed by atoms with Gasteiger partial charge in [0.2, 0.25) is 11.8 Å². The van der Waals surface area contributed by atoms with Crippen molar-refractivity contribution in [3.8, 4) is 6.07 Å². The summed E-state index contributed by atoms with van der Waals surface area (Å²) in [4.78, 5) is 26.5. The van der Waals surface area contributed by atoms with Crippen molar-refractivity contribution in [2.24, 2.45) is 5.92 Å². The molecule has 0 saturated carbocycles. The molecule has 5 nitrogen and oxygen atoms in total. The third-order valence-corrected chi connectivity index (χ3v) is 2.67. The van der Waals surface area contributed by atoms with Crippen LogP contribution in [0.5, 0.6) is 0 Å². The van der Waals surface area contributed by atoms with Crippen molar-refractivity contribution in [1.82, 2.24) is 9.80 Å². The zero-order valence-electron chi connectivity index (χ0n) is 9.77. The van der Waals surface area contributed by atoms with E-state index in [2.05, 4.69) is 0 Å². The minimum atomic E-state index is -0.140. The van der Waals surface area contributed by atoms with E-state index in [1.54, 1.807) is 9.80 Å². The molecule has 0 radical (unpaired) electrons. The fourth-order valence-electron chi connectivity index (χ4n) is 1.72. The van der Waals surface area contributed by atoms with E-state index in [4.69, 9.17) is 5.26 Å². The SMILES string of the molecule is CC(C)C(=O)N1CCN(C(=O)CC#N)CC1. The molecule has 0 aromatic carbocycles. The van der Waals surface area contributed by atoms with Crippen LogP contribution in [0.25, 0.3) is 0 Å². The summed E-state index contributed by atoms with van der Waals surface area (Å²) in [5.41, 5.74) is 0. The van der Waals surface area contributed by atoms with Crippen molar-refractivity contribution in [3.63, 3.8) is 0 Å². The number of amides is 2. The lowest BCUT2D eigenvalue weighted by molar-refractivity contribution is -0.141. The van der Waals surface area contributed by atoms with Crippen LogP contribution in [-0.2, 0) is 9.59 Å². The van der Waals surface area contributed by atoms with Gasteiger partial charge in [0.05, 0.1) is 6.07 Å². The van der Waals surface area contributed by atoms with Gasteiger partial charge in [-0.25, -0.2) is 0 Å². The van der Waals surface area contributed by atoms with Crippen molar-refractivity contribution in [1.29, 1.82) is 5.26 Å². The summed E-state index contributed by atoms with van der Waals surface area (Å²) >= 11 is 0. The number of nitrogens with zero attached hydrogens (tertiary/aromatic N) is 3. The van der Waals surface area contributed by atoms with Gasteiger partial charge in [-0.05, 0) is 0 Å². The van der Waals surface area contributed by atoms with E-state index < -0.39 is 0 Å². The summed E-state index contributed by atoms with van der Waals surface area (Å²) in [5.74, 6) is -0.00659. The molecule has 0 bridgehead atoms. The molecule has 0 aromatic heterocycles. The van der Waals surface area contributed by atoms with E-state index in [1.165, 1.54) is 0 Å². The van der Waals surface area contributed by atoms with Crippen LogP contribution in [0.2, 0.25) is 0 Å². The van der Waals surface area contributed by atoms with Gasteiger partial charge in [-0.1, -0.05) is 13.8 Å². The number of hydrogen-bond acceptors (Lipinski definition) is 3. The van der Waals surface area contributed by atoms with Crippen LogP contribution in [0, 0.1) is 17.2 Å². The highest BCUT2D eigenvalue weighted by molar-refractivity contribution is 5.80. The zero-order chi connectivity index (χ0) is 12.1. The number of piperazine rings is 1. The summed E-state index contributed by atoms with van der Waals surface area (Å²) in [6.07, 6.45) is -0.0713. The summed E-state index contributed by atoms with van der Waals surface area (Å²) < 4.78 is 0. The lowest BCUT2D eigenvalue weighted by atomic mass is 10.1. The van der Waals surface area contributed by atoms with Crippen molar-refractivity contribution < 1.29 is 9.59 Å². The van der Waals surface area contributed by atoms with Crippen molar-refractivity contribution in [3.05, 3.63) is 0 Å². The first-order chi connectivity index (χ1) is 7.56. The molecule has 0 unspecified atom stereocenters. The molecule has 1 aliphatic heterocycles. The first-order valence-electron chi connectivity index (χ1n) is 5.49. The van der Waals surface area contributed by atoms with Gasteiger partial charge in [0.1, 0.15) is 6.42 Å². The minimum absolute atomic E-state index is 0.00126. The Morgan fingerprint density at radius 3 is 2.12 bits per heavy atom. The lowest BCUT2D eigenvalue weighted by Crippen LogP contribution is -2.51. The predicted octanol–water partition coefficient (Wildman–Crippen LogP) is 0.227. The molecule has 16 heavy (non-hydrogen) atoms. The molecule has 0 N–H and O–H groups in total. The van der Waals surface area contributed by atoms with Crippen LogP contribution in [-0.4, -0.2) is 47.8 Å². The molecule has 0 aromatic rings. The third-order valence-electron chi connectivity index (χ3n) is 2.67. The first kappa shape index (κ1) is 12.5. The average Bonchev–Trinajstić information content (AvgIpc) is 2.28. The Bertz CT molecular complexity index is 312. The smallest absolute Gasteiger partial charge is 0.236 e. The standard InChI is InChI=1S/C11H17N3O2/c1-9(2)11(16)14-7-5-13(6-8-14)10(15)3-4-12/h9H,3,5-8H2,1-2H3. The van der Waals surface area contributed by atoms with Gasteiger partial charge in [0.25, 0.3) is 0 Å². The Labute approximate surface area is 95.6 Å². The molecule has 0 spiro atoms. The van der Waals surface area contributed by atoms with Crippen LogP contribution in [0.15, 0.2) is 0 Å². The molecular formula is C11H17N3O2. The van der Waals surface area contributed by atoms with E-state index in [1.807, 2.05) is 19.9 Å². The fraction of sp³-hybridized carbons (Fsp3) is 0.727. The van der Waals surface area contributed by atoms with Crippen LogP contribution >= 0.6 is 0 Å². The van der Waals surface area contributed by atoms with Gasteiger partial charge in [0, 0.05) is 32.1 Å². The number of hydrogen-bond donors (Lipinski definition) is 0. The Morgan fingerprint density at radius 1 is 1.19 bits per heavy atom. The molecule has 1 fully saturated rings. The van der Waals surface area contributed by atoms with Gasteiger partial charge in [-0.15, -0.1) is 0 Å². The van der Waals surface area contributed by atoms with E-state index in [0.29, 0.717) is 26.2 Å².